The van der Waals surface area contributed by atoms with E-state index in [1.165, 1.54) is 0 Å². The van der Waals surface area contributed by atoms with E-state index in [1.807, 2.05) is 91.0 Å². The minimum absolute atomic E-state index is 0.190. The Bertz CT molecular complexity index is 1240. The normalized spacial score (nSPS) is 25.6. The second-order valence-electron chi connectivity index (χ2n) is 10.6. The van der Waals surface area contributed by atoms with Crippen LogP contribution in [0, 0.1) is 0 Å². The molecule has 3 aromatic carbocycles. The Balaban J connectivity index is 1.42. The van der Waals surface area contributed by atoms with E-state index >= 15 is 0 Å². The maximum atomic E-state index is 13.1. The molecule has 0 radical (unpaired) electrons. The first-order chi connectivity index (χ1) is 19.8. The van der Waals surface area contributed by atoms with Gasteiger partial charge in [-0.15, -0.1) is 0 Å². The number of halogens is 3. The molecular weight excluding hydrogens is 535 g/mol. The minimum atomic E-state index is -4.63. The van der Waals surface area contributed by atoms with Crippen LogP contribution in [0.4, 0.5) is 13.2 Å². The predicted octanol–water partition coefficient (Wildman–Crippen LogP) is 5.74. The summed E-state index contributed by atoms with van der Waals surface area (Å²) in [7, 11) is 0. The van der Waals surface area contributed by atoms with Gasteiger partial charge in [0.1, 0.15) is 24.2 Å². The van der Waals surface area contributed by atoms with Crippen LogP contribution in [-0.4, -0.2) is 48.6 Å². The molecule has 2 heterocycles. The lowest BCUT2D eigenvalue weighted by Crippen LogP contribution is -2.67. The lowest BCUT2D eigenvalue weighted by Gasteiger charge is -2.48. The van der Waals surface area contributed by atoms with Gasteiger partial charge in [-0.25, -0.2) is 0 Å². The van der Waals surface area contributed by atoms with E-state index in [1.54, 1.807) is 0 Å². The summed E-state index contributed by atoms with van der Waals surface area (Å²) >= 11 is 0. The number of alkyl halides is 3. The molecule has 9 heteroatoms. The van der Waals surface area contributed by atoms with E-state index in [0.717, 1.165) is 16.7 Å². The highest BCUT2D eigenvalue weighted by Crippen LogP contribution is 2.45. The van der Waals surface area contributed by atoms with Crippen LogP contribution in [0.5, 0.6) is 0 Å². The van der Waals surface area contributed by atoms with Crippen molar-refractivity contribution in [2.45, 2.75) is 75.2 Å². The topological polar surface area (TPSA) is 66.0 Å². The van der Waals surface area contributed by atoms with Gasteiger partial charge in [0.05, 0.1) is 38.6 Å². The van der Waals surface area contributed by atoms with Gasteiger partial charge in [-0.3, -0.25) is 4.79 Å². The Kier molecular flexibility index (Phi) is 9.39. The molecule has 2 fully saturated rings. The van der Waals surface area contributed by atoms with Gasteiger partial charge in [-0.2, -0.15) is 13.2 Å². The van der Waals surface area contributed by atoms with Crippen LogP contribution in [-0.2, 0) is 43.6 Å². The molecule has 6 nitrogen and oxygen atoms in total. The van der Waals surface area contributed by atoms with Gasteiger partial charge in [-0.1, -0.05) is 91.0 Å². The van der Waals surface area contributed by atoms with Crippen molar-refractivity contribution in [3.63, 3.8) is 0 Å². The monoisotopic (exact) mass is 569 g/mol. The summed E-state index contributed by atoms with van der Waals surface area (Å²) in [4.78, 5) is 12.5. The van der Waals surface area contributed by atoms with Crippen LogP contribution in [0.2, 0.25) is 0 Å². The van der Waals surface area contributed by atoms with Crippen molar-refractivity contribution in [2.75, 3.05) is 6.61 Å². The molecule has 0 unspecified atom stereocenters. The van der Waals surface area contributed by atoms with Gasteiger partial charge < -0.3 is 24.3 Å². The highest BCUT2D eigenvalue weighted by Gasteiger charge is 2.60. The number of carbonyl (C=O) groups is 1. The van der Waals surface area contributed by atoms with Crippen molar-refractivity contribution >= 4 is 5.91 Å². The number of rotatable bonds is 12. The van der Waals surface area contributed by atoms with Crippen molar-refractivity contribution in [2.24, 2.45) is 0 Å². The summed E-state index contributed by atoms with van der Waals surface area (Å²) < 4.78 is 64.9. The second-order valence-corrected chi connectivity index (χ2v) is 10.6. The number of ether oxygens (including phenoxy) is 4. The molecule has 2 aliphatic rings. The molecule has 3 aromatic rings. The van der Waals surface area contributed by atoms with Crippen molar-refractivity contribution in [3.8, 4) is 0 Å². The van der Waals surface area contributed by atoms with Crippen LogP contribution in [0.1, 0.15) is 36.0 Å². The van der Waals surface area contributed by atoms with Gasteiger partial charge in [-0.05, 0) is 29.5 Å². The average molecular weight is 570 g/mol. The van der Waals surface area contributed by atoms with E-state index in [0.29, 0.717) is 19.4 Å². The van der Waals surface area contributed by atoms with Crippen LogP contribution in [0.25, 0.3) is 0 Å². The number of carbonyl (C=O) groups excluding carboxylic acids is 1. The molecule has 0 aromatic heterocycles. The summed E-state index contributed by atoms with van der Waals surface area (Å²) in [5, 5.41) is 2.59. The molecule has 5 atom stereocenters. The van der Waals surface area contributed by atoms with Crippen LogP contribution >= 0.6 is 0 Å². The zero-order chi connectivity index (χ0) is 28.7. The fourth-order valence-electron chi connectivity index (χ4n) is 5.63. The Morgan fingerprint density at radius 1 is 0.829 bits per heavy atom. The van der Waals surface area contributed by atoms with Crippen molar-refractivity contribution in [1.82, 2.24) is 5.32 Å². The Morgan fingerprint density at radius 3 is 1.93 bits per heavy atom. The fraction of sp³-hybridized carbons (Fsp3) is 0.406. The highest BCUT2D eigenvalue weighted by atomic mass is 19.4. The van der Waals surface area contributed by atoms with Crippen molar-refractivity contribution in [1.29, 1.82) is 0 Å². The number of nitrogens with one attached hydrogen (secondary N) is 1. The van der Waals surface area contributed by atoms with Crippen molar-refractivity contribution in [3.05, 3.63) is 108 Å². The van der Waals surface area contributed by atoms with Gasteiger partial charge >= 0.3 is 6.18 Å². The molecule has 41 heavy (non-hydrogen) atoms. The molecule has 5 rings (SSSR count). The quantitative estimate of drug-likeness (QED) is 0.301. The largest absolute Gasteiger partial charge is 0.397 e. The first-order valence-electron chi connectivity index (χ1n) is 13.8. The lowest BCUT2D eigenvalue weighted by atomic mass is 9.87. The number of hydrogen-bond acceptors (Lipinski definition) is 5. The Morgan fingerprint density at radius 2 is 1.37 bits per heavy atom. The summed E-state index contributed by atoms with van der Waals surface area (Å²) in [5.74, 6) is -1.12. The zero-order valence-electron chi connectivity index (χ0n) is 22.6. The van der Waals surface area contributed by atoms with Crippen LogP contribution in [0.3, 0.4) is 0 Å². The summed E-state index contributed by atoms with van der Waals surface area (Å²) in [6.45, 7) is 0.986. The number of amides is 1. The fourth-order valence-corrected chi connectivity index (χ4v) is 5.63. The second kappa shape index (κ2) is 13.2. The third-order valence-corrected chi connectivity index (χ3v) is 7.51. The SMILES string of the molecule is O=C(CC(F)(F)F)N[C@@H]1[C@@H](OCc2ccccc2)[C@@H](OCc2ccccc2)[C@]2(COCc3ccccc3)CC[C@H]1O2. The van der Waals surface area contributed by atoms with Crippen LogP contribution < -0.4 is 5.32 Å². The lowest BCUT2D eigenvalue weighted by molar-refractivity contribution is -0.255. The maximum absolute atomic E-state index is 13.1. The van der Waals surface area contributed by atoms with Crippen molar-refractivity contribution < 1.29 is 36.9 Å². The highest BCUT2D eigenvalue weighted by molar-refractivity contribution is 5.77. The smallest absolute Gasteiger partial charge is 0.374 e. The Hall–Kier alpha value is -3.24. The summed E-state index contributed by atoms with van der Waals surface area (Å²) in [5.41, 5.74) is 1.92. The van der Waals surface area contributed by atoms with Gasteiger partial charge in [0.15, 0.2) is 0 Å². The number of benzene rings is 3. The van der Waals surface area contributed by atoms with E-state index in [2.05, 4.69) is 5.32 Å². The molecule has 0 saturated carbocycles. The van der Waals surface area contributed by atoms with E-state index in [4.69, 9.17) is 18.9 Å². The minimum Gasteiger partial charge on any atom is -0.374 e. The standard InChI is InChI=1S/C32H34F3NO5/c33-32(34,35)18-27(37)36-28-26-16-17-31(41-26,22-38-19-23-10-4-1-5-11-23)30(40-21-25-14-8-3-9-15-25)29(28)39-20-24-12-6-2-7-13-24/h1-15,26,28-30H,16-22H2,(H,36,37)/t26-,28+,29-,30-,31-/m1/s1. The average Bonchev–Trinajstić information content (AvgIpc) is 3.35. The van der Waals surface area contributed by atoms with Crippen LogP contribution in [0.15, 0.2) is 91.0 Å². The number of hydrogen-bond donors (Lipinski definition) is 1. The predicted molar refractivity (Wildman–Crippen MR) is 146 cm³/mol. The summed E-state index contributed by atoms with van der Waals surface area (Å²) in [6, 6.07) is 28.0. The third kappa shape index (κ3) is 7.74. The van der Waals surface area contributed by atoms with Gasteiger partial charge in [0.25, 0.3) is 0 Å². The summed E-state index contributed by atoms with van der Waals surface area (Å²) in [6.07, 6.45) is -7.21. The van der Waals surface area contributed by atoms with Gasteiger partial charge in [0, 0.05) is 0 Å². The molecule has 1 N–H and O–H groups in total. The first kappa shape index (κ1) is 29.3. The Labute approximate surface area is 237 Å². The molecule has 2 bridgehead atoms. The molecule has 0 spiro atoms. The molecule has 2 saturated heterocycles. The maximum Gasteiger partial charge on any atom is 0.397 e. The van der Waals surface area contributed by atoms with E-state index in [-0.39, 0.29) is 19.8 Å². The van der Waals surface area contributed by atoms with E-state index in [9.17, 15) is 18.0 Å². The molecule has 218 valence electrons. The van der Waals surface area contributed by atoms with E-state index < -0.39 is 48.5 Å². The molecule has 0 aliphatic carbocycles. The molecular formula is C32H34F3NO5. The van der Waals surface area contributed by atoms with Gasteiger partial charge in [0.2, 0.25) is 5.91 Å². The number of fused-ring (bicyclic) bond motifs is 2. The molecule has 2 aliphatic heterocycles. The third-order valence-electron chi connectivity index (χ3n) is 7.51. The first-order valence-corrected chi connectivity index (χ1v) is 13.8. The molecule has 1 amide bonds. The zero-order valence-corrected chi connectivity index (χ0v) is 22.6.